The number of rotatable bonds is 3. The van der Waals surface area contributed by atoms with Crippen molar-refractivity contribution in [3.63, 3.8) is 0 Å². The fraction of sp³-hybridized carbons (Fsp3) is 0. The molecule has 13 rings (SSSR count). The Hall–Kier alpha value is -7.36. The average Bonchev–Trinajstić information content (AvgIpc) is 3.98. The molecule has 0 unspecified atom stereocenters. The van der Waals surface area contributed by atoms with Gasteiger partial charge in [0, 0.05) is 43.7 Å². The maximum Gasteiger partial charge on any atom is 0.136 e. The van der Waals surface area contributed by atoms with Crippen LogP contribution in [-0.4, -0.2) is 9.13 Å². The van der Waals surface area contributed by atoms with Crippen LogP contribution in [0.3, 0.4) is 0 Å². The van der Waals surface area contributed by atoms with Crippen molar-refractivity contribution in [3.05, 3.63) is 182 Å². The predicted molar refractivity (Wildman–Crippen MR) is 230 cm³/mol. The minimum absolute atomic E-state index is 0.903. The number of aromatic nitrogens is 2. The molecule has 3 nitrogen and oxygen atoms in total. The lowest BCUT2D eigenvalue weighted by Gasteiger charge is -2.14. The molecule has 0 spiro atoms. The van der Waals surface area contributed by atoms with E-state index >= 15 is 0 Å². The highest BCUT2D eigenvalue weighted by atomic mass is 16.3. The van der Waals surface area contributed by atoms with E-state index in [9.17, 15) is 0 Å². The van der Waals surface area contributed by atoms with Gasteiger partial charge >= 0.3 is 0 Å². The largest absolute Gasteiger partial charge is 0.456 e. The molecule has 1 aliphatic rings. The number of hydrogen-bond acceptors (Lipinski definition) is 1. The zero-order valence-corrected chi connectivity index (χ0v) is 29.6. The molecular weight excluding hydrogens is 669 g/mol. The van der Waals surface area contributed by atoms with Crippen LogP contribution in [0.2, 0.25) is 0 Å². The van der Waals surface area contributed by atoms with Crippen LogP contribution >= 0.6 is 0 Å². The van der Waals surface area contributed by atoms with E-state index in [1.54, 1.807) is 0 Å². The van der Waals surface area contributed by atoms with E-state index in [2.05, 4.69) is 191 Å². The molecule has 1 aliphatic carbocycles. The third kappa shape index (κ3) is 3.84. The lowest BCUT2D eigenvalue weighted by molar-refractivity contribution is 0.669. The summed E-state index contributed by atoms with van der Waals surface area (Å²) in [5.41, 5.74) is 16.4. The lowest BCUT2D eigenvalue weighted by Crippen LogP contribution is -1.99. The molecule has 0 fully saturated rings. The van der Waals surface area contributed by atoms with Crippen molar-refractivity contribution in [3.8, 4) is 44.8 Å². The summed E-state index contributed by atoms with van der Waals surface area (Å²) < 4.78 is 11.5. The molecule has 12 aromatic rings. The first-order valence-electron chi connectivity index (χ1n) is 18.9. The molecule has 0 atom stereocenters. The first-order valence-corrected chi connectivity index (χ1v) is 18.9. The van der Waals surface area contributed by atoms with Gasteiger partial charge in [-0.1, -0.05) is 133 Å². The van der Waals surface area contributed by atoms with Crippen molar-refractivity contribution in [2.45, 2.75) is 0 Å². The molecule has 9 aromatic carbocycles. The number of nitrogens with zero attached hydrogens (tertiary/aromatic N) is 2. The van der Waals surface area contributed by atoms with Gasteiger partial charge in [-0.25, -0.2) is 0 Å². The Balaban J connectivity index is 1.22. The predicted octanol–water partition coefficient (Wildman–Crippen LogP) is 14.2. The maximum atomic E-state index is 6.53. The van der Waals surface area contributed by atoms with Gasteiger partial charge in [-0.15, -0.1) is 0 Å². The first-order chi connectivity index (χ1) is 27.3. The zero-order valence-electron chi connectivity index (χ0n) is 29.6. The van der Waals surface area contributed by atoms with Crippen LogP contribution in [0.15, 0.2) is 186 Å². The van der Waals surface area contributed by atoms with Crippen LogP contribution in [0, 0.1) is 0 Å². The van der Waals surface area contributed by atoms with Gasteiger partial charge in [0.25, 0.3) is 0 Å². The van der Waals surface area contributed by atoms with E-state index in [0.29, 0.717) is 0 Å². The average molecular weight is 699 g/mol. The Bertz CT molecular complexity index is 3580. The Labute approximate surface area is 315 Å². The van der Waals surface area contributed by atoms with Crippen molar-refractivity contribution < 1.29 is 4.42 Å². The molecule has 3 aromatic heterocycles. The number of hydrogen-bond donors (Lipinski definition) is 0. The fourth-order valence-corrected chi connectivity index (χ4v) is 9.75. The Morgan fingerprint density at radius 1 is 0.327 bits per heavy atom. The van der Waals surface area contributed by atoms with Gasteiger partial charge in [0.2, 0.25) is 0 Å². The van der Waals surface area contributed by atoms with Gasteiger partial charge in [-0.05, 0) is 92.7 Å². The third-order valence-electron chi connectivity index (χ3n) is 12.0. The molecule has 0 aliphatic heterocycles. The molecule has 254 valence electrons. The van der Waals surface area contributed by atoms with E-state index < -0.39 is 0 Å². The van der Waals surface area contributed by atoms with E-state index in [4.69, 9.17) is 4.42 Å². The second-order valence-electron chi connectivity index (χ2n) is 14.8. The number of para-hydroxylation sites is 2. The summed E-state index contributed by atoms with van der Waals surface area (Å²) >= 11 is 0. The van der Waals surface area contributed by atoms with Gasteiger partial charge in [-0.2, -0.15) is 0 Å². The van der Waals surface area contributed by atoms with Crippen molar-refractivity contribution in [2.75, 3.05) is 0 Å². The van der Waals surface area contributed by atoms with Crippen molar-refractivity contribution in [1.82, 2.24) is 9.13 Å². The van der Waals surface area contributed by atoms with Gasteiger partial charge in [0.05, 0.1) is 22.1 Å². The molecule has 0 bridgehead atoms. The van der Waals surface area contributed by atoms with Crippen LogP contribution in [-0.2, 0) is 0 Å². The monoisotopic (exact) mass is 698 g/mol. The smallest absolute Gasteiger partial charge is 0.136 e. The Kier molecular flexibility index (Phi) is 5.63. The summed E-state index contributed by atoms with van der Waals surface area (Å²) in [5.74, 6) is 0. The molecule has 3 heterocycles. The number of furan rings is 1. The molecule has 0 saturated carbocycles. The molecule has 0 N–H and O–H groups in total. The fourth-order valence-electron chi connectivity index (χ4n) is 9.75. The first kappa shape index (κ1) is 29.1. The normalized spacial score (nSPS) is 12.4. The topological polar surface area (TPSA) is 23.0 Å². The van der Waals surface area contributed by atoms with Crippen LogP contribution in [0.5, 0.6) is 0 Å². The minimum atomic E-state index is 0.903. The number of fused-ring (bicyclic) bond motifs is 14. The summed E-state index contributed by atoms with van der Waals surface area (Å²) in [5, 5.41) is 9.74. The van der Waals surface area contributed by atoms with E-state index in [0.717, 1.165) is 38.8 Å². The van der Waals surface area contributed by atoms with Crippen LogP contribution in [0.1, 0.15) is 0 Å². The highest BCUT2D eigenvalue weighted by molar-refractivity contribution is 6.32. The van der Waals surface area contributed by atoms with Crippen LogP contribution < -0.4 is 0 Å². The SMILES string of the molecule is c1ccc(-c2ccc(-n3c4ccccc4c4ccc5c6c7c(ccc6n(-c6cc8c9c(cccc9c6)-c6ccccc6-8)c5c43)oc3ccccc37)cc2)cc1. The molecule has 0 saturated heterocycles. The van der Waals surface area contributed by atoms with Crippen molar-refractivity contribution in [2.24, 2.45) is 0 Å². The maximum absolute atomic E-state index is 6.53. The van der Waals surface area contributed by atoms with E-state index in [1.807, 2.05) is 0 Å². The van der Waals surface area contributed by atoms with Gasteiger partial charge in [0.1, 0.15) is 11.2 Å². The summed E-state index contributed by atoms with van der Waals surface area (Å²) in [6, 6.07) is 66.5. The molecule has 0 amide bonds. The van der Waals surface area contributed by atoms with E-state index in [1.165, 1.54) is 82.2 Å². The van der Waals surface area contributed by atoms with Gasteiger partial charge in [0.15, 0.2) is 0 Å². The molecule has 55 heavy (non-hydrogen) atoms. The summed E-state index contributed by atoms with van der Waals surface area (Å²) in [4.78, 5) is 0. The summed E-state index contributed by atoms with van der Waals surface area (Å²) in [6.07, 6.45) is 0. The number of benzene rings is 9. The molecular formula is C52H30N2O. The van der Waals surface area contributed by atoms with Crippen molar-refractivity contribution in [1.29, 1.82) is 0 Å². The third-order valence-corrected chi connectivity index (χ3v) is 12.0. The second kappa shape index (κ2) is 10.6. The van der Waals surface area contributed by atoms with Crippen LogP contribution in [0.25, 0.3) is 121 Å². The van der Waals surface area contributed by atoms with Crippen LogP contribution in [0.4, 0.5) is 0 Å². The zero-order chi connectivity index (χ0) is 35.8. The lowest BCUT2D eigenvalue weighted by atomic mass is 10.0. The summed E-state index contributed by atoms with van der Waals surface area (Å²) in [7, 11) is 0. The highest BCUT2D eigenvalue weighted by Gasteiger charge is 2.26. The summed E-state index contributed by atoms with van der Waals surface area (Å²) in [6.45, 7) is 0. The Morgan fingerprint density at radius 2 is 1.00 bits per heavy atom. The quantitative estimate of drug-likeness (QED) is 0.180. The minimum Gasteiger partial charge on any atom is -0.456 e. The second-order valence-corrected chi connectivity index (χ2v) is 14.8. The highest BCUT2D eigenvalue weighted by Crippen LogP contribution is 2.50. The molecule has 3 heteroatoms. The standard InChI is InChI=1S/C52H30N2O/c1-2-11-31(12-3-1)32-21-23-34(24-22-32)53-44-19-8-6-16-38(44)40-25-26-42-49-45(27-28-47-50(49)41-17-7-9-20-46(41)55-47)54(52(42)51(40)53)35-29-33-13-10-18-39-36-14-4-5-15-37(36)43(30-35)48(33)39/h1-30H. The van der Waals surface area contributed by atoms with Gasteiger partial charge in [-0.3, -0.25) is 0 Å². The van der Waals surface area contributed by atoms with Gasteiger partial charge < -0.3 is 13.6 Å². The van der Waals surface area contributed by atoms with E-state index in [-0.39, 0.29) is 0 Å². The Morgan fingerprint density at radius 3 is 1.87 bits per heavy atom. The molecule has 0 radical (unpaired) electrons. The van der Waals surface area contributed by atoms with Crippen molar-refractivity contribution >= 4 is 76.3 Å².